The average Bonchev–Trinajstić information content (AvgIpc) is 2.99. The molecule has 0 spiro atoms. The van der Waals surface area contributed by atoms with Gasteiger partial charge in [0.05, 0.1) is 22.8 Å². The molecule has 6 heteroatoms. The zero-order valence-corrected chi connectivity index (χ0v) is 15.3. The lowest BCUT2D eigenvalue weighted by Gasteiger charge is -2.29. The van der Waals surface area contributed by atoms with Crippen molar-refractivity contribution in [1.82, 2.24) is 4.90 Å². The van der Waals surface area contributed by atoms with Crippen LogP contribution in [0.5, 0.6) is 0 Å². The Kier molecular flexibility index (Phi) is 4.66. The number of nitrogens with zero attached hydrogens (tertiary/aromatic N) is 2. The van der Waals surface area contributed by atoms with Gasteiger partial charge in [0.25, 0.3) is 17.7 Å². The van der Waals surface area contributed by atoms with Crippen LogP contribution in [0.15, 0.2) is 42.5 Å². The second-order valence-corrected chi connectivity index (χ2v) is 7.18. The second-order valence-electron chi connectivity index (χ2n) is 7.18. The van der Waals surface area contributed by atoms with Gasteiger partial charge in [0, 0.05) is 17.3 Å². The third kappa shape index (κ3) is 3.16. The Hall–Kier alpha value is -3.46. The van der Waals surface area contributed by atoms with Crippen LogP contribution in [0.1, 0.15) is 68.7 Å². The van der Waals surface area contributed by atoms with Crippen molar-refractivity contribution in [3.63, 3.8) is 0 Å². The van der Waals surface area contributed by atoms with Gasteiger partial charge < -0.3 is 5.32 Å². The normalized spacial score (nSPS) is 16.6. The number of imide groups is 1. The number of fused-ring (bicyclic) bond motifs is 1. The Balaban J connectivity index is 1.55. The zero-order chi connectivity index (χ0) is 19.7. The maximum Gasteiger partial charge on any atom is 0.261 e. The number of rotatable bonds is 3. The Morgan fingerprint density at radius 3 is 2.32 bits per heavy atom. The van der Waals surface area contributed by atoms with Gasteiger partial charge in [-0.2, -0.15) is 5.26 Å². The van der Waals surface area contributed by atoms with Crippen molar-refractivity contribution < 1.29 is 14.4 Å². The van der Waals surface area contributed by atoms with Crippen molar-refractivity contribution in [1.29, 1.82) is 5.26 Å². The molecule has 1 heterocycles. The van der Waals surface area contributed by atoms with E-state index in [1.54, 1.807) is 36.4 Å². The highest BCUT2D eigenvalue weighted by Gasteiger charge is 2.40. The highest BCUT2D eigenvalue weighted by Crippen LogP contribution is 2.31. The van der Waals surface area contributed by atoms with Crippen LogP contribution in [0.4, 0.5) is 5.69 Å². The highest BCUT2D eigenvalue weighted by molar-refractivity contribution is 6.22. The summed E-state index contributed by atoms with van der Waals surface area (Å²) in [5.74, 6) is -0.935. The van der Waals surface area contributed by atoms with Crippen LogP contribution in [0.3, 0.4) is 0 Å². The second kappa shape index (κ2) is 7.28. The van der Waals surface area contributed by atoms with Crippen molar-refractivity contribution in [2.75, 3.05) is 5.32 Å². The fraction of sp³-hybridized carbons (Fsp3) is 0.273. The van der Waals surface area contributed by atoms with Crippen LogP contribution in [-0.4, -0.2) is 28.7 Å². The molecule has 2 aromatic rings. The Morgan fingerprint density at radius 2 is 1.64 bits per heavy atom. The van der Waals surface area contributed by atoms with Gasteiger partial charge in [-0.25, -0.2) is 0 Å². The van der Waals surface area contributed by atoms with E-state index < -0.39 is 0 Å². The van der Waals surface area contributed by atoms with E-state index in [-0.39, 0.29) is 23.8 Å². The minimum atomic E-state index is -0.371. The van der Waals surface area contributed by atoms with E-state index in [0.29, 0.717) is 27.9 Å². The van der Waals surface area contributed by atoms with Gasteiger partial charge in [-0.1, -0.05) is 19.3 Å². The molecule has 0 radical (unpaired) electrons. The van der Waals surface area contributed by atoms with E-state index in [1.807, 2.05) is 6.07 Å². The summed E-state index contributed by atoms with van der Waals surface area (Å²) in [5.41, 5.74) is 2.03. The zero-order valence-electron chi connectivity index (χ0n) is 15.3. The number of benzene rings is 2. The van der Waals surface area contributed by atoms with Gasteiger partial charge in [0.2, 0.25) is 0 Å². The Labute approximate surface area is 162 Å². The topological polar surface area (TPSA) is 90.3 Å². The minimum Gasteiger partial charge on any atom is -0.322 e. The SMILES string of the molecule is N#Cc1ccc(NC(=O)c2ccc3c(c2)C(=O)N(C2CCCCC2)C3=O)cc1. The Bertz CT molecular complexity index is 999. The first-order valence-electron chi connectivity index (χ1n) is 9.42. The molecule has 1 aliphatic carbocycles. The van der Waals surface area contributed by atoms with E-state index in [1.165, 1.54) is 11.0 Å². The van der Waals surface area contributed by atoms with Crippen molar-refractivity contribution in [3.05, 3.63) is 64.7 Å². The molecule has 4 rings (SSSR count). The minimum absolute atomic E-state index is 0.0444. The molecule has 0 saturated heterocycles. The molecule has 2 aromatic carbocycles. The Morgan fingerprint density at radius 1 is 0.964 bits per heavy atom. The molecule has 2 aliphatic rings. The van der Waals surface area contributed by atoms with Crippen molar-refractivity contribution in [3.8, 4) is 6.07 Å². The predicted octanol–water partition coefficient (Wildman–Crippen LogP) is 3.74. The van der Waals surface area contributed by atoms with E-state index in [9.17, 15) is 14.4 Å². The van der Waals surface area contributed by atoms with Crippen LogP contribution < -0.4 is 5.32 Å². The van der Waals surface area contributed by atoms with Crippen LogP contribution >= 0.6 is 0 Å². The largest absolute Gasteiger partial charge is 0.322 e. The number of carbonyl (C=O) groups is 3. The standard InChI is InChI=1S/C22H19N3O3/c23-13-14-6-9-16(10-7-14)24-20(26)15-8-11-18-19(12-15)22(28)25(21(18)27)17-4-2-1-3-5-17/h6-12,17H,1-5H2,(H,24,26). The maximum absolute atomic E-state index is 12.9. The number of amides is 3. The van der Waals surface area contributed by atoms with Crippen LogP contribution in [0, 0.1) is 11.3 Å². The number of anilines is 1. The van der Waals surface area contributed by atoms with Crippen LogP contribution in [0.2, 0.25) is 0 Å². The summed E-state index contributed by atoms with van der Waals surface area (Å²) < 4.78 is 0. The quantitative estimate of drug-likeness (QED) is 0.830. The molecule has 1 saturated carbocycles. The number of nitriles is 1. The lowest BCUT2D eigenvalue weighted by atomic mass is 9.94. The molecule has 0 aromatic heterocycles. The molecule has 1 aliphatic heterocycles. The van der Waals surface area contributed by atoms with Crippen molar-refractivity contribution in [2.24, 2.45) is 0 Å². The predicted molar refractivity (Wildman–Crippen MR) is 103 cm³/mol. The molecule has 0 bridgehead atoms. The number of hydrogen-bond donors (Lipinski definition) is 1. The van der Waals surface area contributed by atoms with E-state index >= 15 is 0 Å². The molecule has 140 valence electrons. The summed E-state index contributed by atoms with van der Waals surface area (Å²) >= 11 is 0. The maximum atomic E-state index is 12.9. The van der Waals surface area contributed by atoms with Gasteiger partial charge in [-0.05, 0) is 55.3 Å². The molecule has 1 N–H and O–H groups in total. The van der Waals surface area contributed by atoms with E-state index in [4.69, 9.17) is 5.26 Å². The fourth-order valence-electron chi connectivity index (χ4n) is 3.90. The monoisotopic (exact) mass is 373 g/mol. The number of nitrogens with one attached hydrogen (secondary N) is 1. The van der Waals surface area contributed by atoms with Gasteiger partial charge >= 0.3 is 0 Å². The summed E-state index contributed by atoms with van der Waals surface area (Å²) in [6, 6.07) is 13.1. The first-order chi connectivity index (χ1) is 13.6. The fourth-order valence-corrected chi connectivity index (χ4v) is 3.90. The third-order valence-electron chi connectivity index (χ3n) is 5.39. The van der Waals surface area contributed by atoms with Gasteiger partial charge in [-0.3, -0.25) is 19.3 Å². The van der Waals surface area contributed by atoms with E-state index in [0.717, 1.165) is 32.1 Å². The summed E-state index contributed by atoms with van der Waals surface area (Å²) in [7, 11) is 0. The molecular formula is C22H19N3O3. The highest BCUT2D eigenvalue weighted by atomic mass is 16.2. The first-order valence-corrected chi connectivity index (χ1v) is 9.42. The molecule has 0 atom stereocenters. The van der Waals surface area contributed by atoms with Crippen molar-refractivity contribution >= 4 is 23.4 Å². The molecule has 6 nitrogen and oxygen atoms in total. The summed E-state index contributed by atoms with van der Waals surface area (Å²) in [6.45, 7) is 0. The molecule has 1 fully saturated rings. The number of carbonyl (C=O) groups excluding carboxylic acids is 3. The lowest BCUT2D eigenvalue weighted by molar-refractivity contribution is 0.0549. The molecule has 0 unspecified atom stereocenters. The molecular weight excluding hydrogens is 354 g/mol. The molecule has 3 amide bonds. The third-order valence-corrected chi connectivity index (χ3v) is 5.39. The van der Waals surface area contributed by atoms with E-state index in [2.05, 4.69) is 5.32 Å². The lowest BCUT2D eigenvalue weighted by Crippen LogP contribution is -2.40. The average molecular weight is 373 g/mol. The van der Waals surface area contributed by atoms with Crippen LogP contribution in [-0.2, 0) is 0 Å². The van der Waals surface area contributed by atoms with Gasteiger partial charge in [0.15, 0.2) is 0 Å². The first kappa shape index (κ1) is 17.9. The summed E-state index contributed by atoms with van der Waals surface area (Å²) in [4.78, 5) is 39.5. The smallest absolute Gasteiger partial charge is 0.261 e. The molecule has 28 heavy (non-hydrogen) atoms. The van der Waals surface area contributed by atoms with Crippen LogP contribution in [0.25, 0.3) is 0 Å². The van der Waals surface area contributed by atoms with Gasteiger partial charge in [-0.15, -0.1) is 0 Å². The summed E-state index contributed by atoms with van der Waals surface area (Å²) in [5, 5.41) is 11.6. The van der Waals surface area contributed by atoms with Gasteiger partial charge in [0.1, 0.15) is 0 Å². The summed E-state index contributed by atoms with van der Waals surface area (Å²) in [6.07, 6.45) is 4.88. The number of hydrogen-bond acceptors (Lipinski definition) is 4. The van der Waals surface area contributed by atoms with Crippen molar-refractivity contribution in [2.45, 2.75) is 38.1 Å².